The first-order valence-electron chi connectivity index (χ1n) is 7.76. The minimum absolute atomic E-state index is 0.0136. The van der Waals surface area contributed by atoms with Crippen LogP contribution >= 0.6 is 11.6 Å². The normalized spacial score (nSPS) is 17.0. The fourth-order valence-corrected chi connectivity index (χ4v) is 3.68. The summed E-state index contributed by atoms with van der Waals surface area (Å²) in [7, 11) is -2.16. The summed E-state index contributed by atoms with van der Waals surface area (Å²) >= 11 is 6.30. The second-order valence-electron chi connectivity index (χ2n) is 6.00. The fourth-order valence-electron chi connectivity index (χ4n) is 2.50. The molecule has 1 atom stereocenters. The summed E-state index contributed by atoms with van der Waals surface area (Å²) in [5, 5.41) is 2.46. The topological polar surface area (TPSA) is 107 Å². The van der Waals surface area contributed by atoms with Gasteiger partial charge in [-0.3, -0.25) is 14.3 Å². The molecule has 1 saturated heterocycles. The monoisotopic (exact) mass is 400 g/mol. The molecule has 140 valence electrons. The molecule has 26 heavy (non-hydrogen) atoms. The molecule has 1 aromatic heterocycles. The van der Waals surface area contributed by atoms with Gasteiger partial charge in [-0.2, -0.15) is 0 Å². The summed E-state index contributed by atoms with van der Waals surface area (Å²) in [5.41, 5.74) is -0.626. The van der Waals surface area contributed by atoms with Crippen LogP contribution in [0, 0.1) is 0 Å². The molecule has 0 amide bonds. The van der Waals surface area contributed by atoms with Gasteiger partial charge in [-0.1, -0.05) is 11.6 Å². The molecule has 0 bridgehead atoms. The average Bonchev–Trinajstić information content (AvgIpc) is 2.85. The van der Waals surface area contributed by atoms with Crippen LogP contribution in [0.2, 0.25) is 5.02 Å². The van der Waals surface area contributed by atoms with E-state index in [1.807, 2.05) is 0 Å². The SMILES string of the molecule is Cn1[nH]cc(C(=O)c2ccc(S(C)(=O)=O)c(OCC3CCO3)c2Cl)c1=O. The van der Waals surface area contributed by atoms with Crippen LogP contribution in [0.25, 0.3) is 0 Å². The van der Waals surface area contributed by atoms with Crippen LogP contribution < -0.4 is 10.3 Å². The highest BCUT2D eigenvalue weighted by Gasteiger charge is 2.27. The first-order chi connectivity index (χ1) is 12.2. The molecule has 0 saturated carbocycles. The van der Waals surface area contributed by atoms with Crippen LogP contribution in [-0.2, 0) is 21.6 Å². The molecule has 0 aliphatic carbocycles. The van der Waals surface area contributed by atoms with Crippen molar-refractivity contribution in [2.75, 3.05) is 19.5 Å². The van der Waals surface area contributed by atoms with E-state index in [4.69, 9.17) is 21.1 Å². The maximum atomic E-state index is 12.7. The zero-order valence-electron chi connectivity index (χ0n) is 14.1. The van der Waals surface area contributed by atoms with Gasteiger partial charge in [0.2, 0.25) is 5.78 Å². The quantitative estimate of drug-likeness (QED) is 0.729. The number of H-pyrrole nitrogens is 1. The Morgan fingerprint density at radius 3 is 2.62 bits per heavy atom. The standard InChI is InChI=1S/C16H17ClN2O6S/c1-19-16(21)11(7-18-19)14(20)10-3-4-12(26(2,22)23)15(13(10)17)25-8-9-5-6-24-9/h3-4,7,9,18H,5-6,8H2,1-2H3. The Morgan fingerprint density at radius 1 is 1.42 bits per heavy atom. The lowest BCUT2D eigenvalue weighted by Crippen LogP contribution is -2.32. The van der Waals surface area contributed by atoms with Crippen molar-refractivity contribution in [3.63, 3.8) is 0 Å². The summed E-state index contributed by atoms with van der Waals surface area (Å²) in [4.78, 5) is 24.5. The maximum absolute atomic E-state index is 12.7. The van der Waals surface area contributed by atoms with E-state index < -0.39 is 21.2 Å². The first-order valence-corrected chi connectivity index (χ1v) is 10.0. The molecular formula is C16H17ClN2O6S. The number of aryl methyl sites for hydroxylation is 1. The van der Waals surface area contributed by atoms with Gasteiger partial charge in [-0.05, 0) is 12.1 Å². The fraction of sp³-hybridized carbons (Fsp3) is 0.375. The number of carbonyl (C=O) groups excluding carboxylic acids is 1. The molecule has 0 spiro atoms. The van der Waals surface area contributed by atoms with Crippen LogP contribution in [0.4, 0.5) is 0 Å². The Kier molecular flexibility index (Phi) is 4.96. The van der Waals surface area contributed by atoms with Gasteiger partial charge in [0.15, 0.2) is 15.6 Å². The van der Waals surface area contributed by atoms with Crippen molar-refractivity contribution in [3.05, 3.63) is 44.8 Å². The summed E-state index contributed by atoms with van der Waals surface area (Å²) < 4.78 is 36.0. The maximum Gasteiger partial charge on any atom is 0.277 e. The summed E-state index contributed by atoms with van der Waals surface area (Å²) in [5.74, 6) is -0.732. The van der Waals surface area contributed by atoms with Gasteiger partial charge in [-0.25, -0.2) is 8.42 Å². The van der Waals surface area contributed by atoms with E-state index in [2.05, 4.69) is 5.10 Å². The highest BCUT2D eigenvalue weighted by molar-refractivity contribution is 7.90. The molecule has 0 radical (unpaired) electrons. The number of hydrogen-bond donors (Lipinski definition) is 1. The van der Waals surface area contributed by atoms with E-state index in [9.17, 15) is 18.0 Å². The molecule has 1 aliphatic rings. The number of nitrogens with one attached hydrogen (secondary N) is 1. The highest BCUT2D eigenvalue weighted by atomic mass is 35.5. The predicted octanol–water partition coefficient (Wildman–Crippen LogP) is 1.17. The largest absolute Gasteiger partial charge is 0.488 e. The second kappa shape index (κ2) is 6.90. The Bertz CT molecular complexity index is 1020. The molecular weight excluding hydrogens is 384 g/mol. The van der Waals surface area contributed by atoms with Gasteiger partial charge in [-0.15, -0.1) is 0 Å². The van der Waals surface area contributed by atoms with Crippen LogP contribution in [0.3, 0.4) is 0 Å². The van der Waals surface area contributed by atoms with Gasteiger partial charge < -0.3 is 14.6 Å². The van der Waals surface area contributed by atoms with Crippen LogP contribution in [0.5, 0.6) is 5.75 Å². The number of hydrogen-bond acceptors (Lipinski definition) is 6. The van der Waals surface area contributed by atoms with Crippen molar-refractivity contribution in [3.8, 4) is 5.75 Å². The number of aromatic nitrogens is 2. The van der Waals surface area contributed by atoms with E-state index in [0.29, 0.717) is 6.61 Å². The van der Waals surface area contributed by atoms with Crippen molar-refractivity contribution in [2.45, 2.75) is 17.4 Å². The molecule has 1 aromatic carbocycles. The van der Waals surface area contributed by atoms with Crippen LogP contribution in [0.1, 0.15) is 22.3 Å². The van der Waals surface area contributed by atoms with E-state index in [1.54, 1.807) is 0 Å². The lowest BCUT2D eigenvalue weighted by molar-refractivity contribution is -0.0724. The third-order valence-electron chi connectivity index (χ3n) is 4.09. The minimum atomic E-state index is -3.64. The number of aromatic amines is 1. The number of rotatable bonds is 6. The van der Waals surface area contributed by atoms with Gasteiger partial charge >= 0.3 is 0 Å². The summed E-state index contributed by atoms with van der Waals surface area (Å²) in [6.45, 7) is 0.738. The molecule has 3 rings (SSSR count). The Hall–Kier alpha value is -2.10. The van der Waals surface area contributed by atoms with E-state index in [-0.39, 0.29) is 39.5 Å². The molecule has 2 aromatic rings. The zero-order valence-corrected chi connectivity index (χ0v) is 15.7. The molecule has 1 unspecified atom stereocenters. The van der Waals surface area contributed by atoms with Crippen molar-refractivity contribution < 1.29 is 22.7 Å². The highest BCUT2D eigenvalue weighted by Crippen LogP contribution is 2.36. The molecule has 1 aliphatic heterocycles. The van der Waals surface area contributed by atoms with E-state index in [1.165, 1.54) is 25.4 Å². The van der Waals surface area contributed by atoms with E-state index >= 15 is 0 Å². The number of nitrogens with zero attached hydrogens (tertiary/aromatic N) is 1. The minimum Gasteiger partial charge on any atom is -0.488 e. The lowest BCUT2D eigenvalue weighted by atomic mass is 10.1. The number of sulfone groups is 1. The number of ketones is 1. The molecule has 10 heteroatoms. The number of carbonyl (C=O) groups is 1. The average molecular weight is 401 g/mol. The molecule has 1 fully saturated rings. The van der Waals surface area contributed by atoms with Crippen molar-refractivity contribution in [1.29, 1.82) is 0 Å². The van der Waals surface area contributed by atoms with Crippen molar-refractivity contribution in [2.24, 2.45) is 7.05 Å². The zero-order chi connectivity index (χ0) is 19.1. The Morgan fingerprint density at radius 2 is 2.12 bits per heavy atom. The van der Waals surface area contributed by atoms with E-state index in [0.717, 1.165) is 17.4 Å². The van der Waals surface area contributed by atoms with Gasteiger partial charge in [0.1, 0.15) is 17.1 Å². The summed E-state index contributed by atoms with van der Waals surface area (Å²) in [6, 6.07) is 2.53. The van der Waals surface area contributed by atoms with Gasteiger partial charge in [0.05, 0.1) is 11.1 Å². The van der Waals surface area contributed by atoms with Crippen LogP contribution in [-0.4, -0.2) is 49.6 Å². The van der Waals surface area contributed by atoms with Crippen LogP contribution in [0.15, 0.2) is 28.0 Å². The molecule has 8 nitrogen and oxygen atoms in total. The number of ether oxygens (including phenoxy) is 2. The predicted molar refractivity (Wildman–Crippen MR) is 93.9 cm³/mol. The Labute approximate surface area is 154 Å². The third kappa shape index (κ3) is 3.42. The molecule has 2 heterocycles. The van der Waals surface area contributed by atoms with Gasteiger partial charge in [0.25, 0.3) is 5.56 Å². The van der Waals surface area contributed by atoms with Gasteiger partial charge in [0, 0.05) is 38.1 Å². The Balaban J connectivity index is 2.05. The number of halogens is 1. The molecule has 1 N–H and O–H groups in total. The number of benzene rings is 1. The van der Waals surface area contributed by atoms with Crippen molar-refractivity contribution in [1.82, 2.24) is 9.78 Å². The smallest absolute Gasteiger partial charge is 0.277 e. The third-order valence-corrected chi connectivity index (χ3v) is 5.59. The first kappa shape index (κ1) is 18.7. The second-order valence-corrected chi connectivity index (χ2v) is 8.36. The lowest BCUT2D eigenvalue weighted by Gasteiger charge is -2.27. The summed E-state index contributed by atoms with van der Waals surface area (Å²) in [6.07, 6.45) is 2.95. The van der Waals surface area contributed by atoms with Crippen molar-refractivity contribution >= 4 is 27.2 Å².